The van der Waals surface area contributed by atoms with Crippen molar-refractivity contribution in [1.82, 2.24) is 10.2 Å². The fourth-order valence-corrected chi connectivity index (χ4v) is 7.13. The van der Waals surface area contributed by atoms with Crippen LogP contribution in [0.25, 0.3) is 0 Å². The highest BCUT2D eigenvalue weighted by Crippen LogP contribution is 2.33. The summed E-state index contributed by atoms with van der Waals surface area (Å²) in [4.78, 5) is 29.1. The Morgan fingerprint density at radius 3 is 2.17 bits per heavy atom. The van der Waals surface area contributed by atoms with Gasteiger partial charge in [0.2, 0.25) is 11.8 Å². The molecule has 1 fully saturated rings. The van der Waals surface area contributed by atoms with Gasteiger partial charge in [-0.05, 0) is 67.3 Å². The fraction of sp³-hybridized carbons (Fsp3) is 0.333. The Morgan fingerprint density at radius 1 is 0.927 bits per heavy atom. The third-order valence-electron chi connectivity index (χ3n) is 7.14. The molecule has 218 valence electrons. The van der Waals surface area contributed by atoms with Crippen LogP contribution in [0.2, 0.25) is 15.1 Å². The molecule has 41 heavy (non-hydrogen) atoms. The third-order valence-corrected chi connectivity index (χ3v) is 9.71. The molecule has 0 radical (unpaired) electrons. The molecule has 3 aromatic carbocycles. The monoisotopic (exact) mass is 635 g/mol. The van der Waals surface area contributed by atoms with Gasteiger partial charge in [-0.2, -0.15) is 0 Å². The standard InChI is InChI=1S/C30H32Cl3N3O4S/c1-2-27(30(38)34-24-8-6-7-9-24)35(19-21-12-14-22(31)15-13-21)29(37)20-36(28-17-16-23(32)18-26(28)33)41(39,40)25-10-4-3-5-11-25/h3-5,10-18,24,27H,2,6-9,19-20H2,1H3,(H,34,38)/t27-/m1/s1. The second-order valence-corrected chi connectivity index (χ2v) is 13.1. The molecule has 1 saturated carbocycles. The summed E-state index contributed by atoms with van der Waals surface area (Å²) in [6.45, 7) is 1.33. The molecule has 1 atom stereocenters. The quantitative estimate of drug-likeness (QED) is 0.254. The lowest BCUT2D eigenvalue weighted by Gasteiger charge is -2.34. The minimum absolute atomic E-state index is 0.00548. The zero-order valence-electron chi connectivity index (χ0n) is 22.6. The molecule has 0 bridgehead atoms. The summed E-state index contributed by atoms with van der Waals surface area (Å²) in [5, 5.41) is 4.02. The molecule has 1 aliphatic carbocycles. The maximum Gasteiger partial charge on any atom is 0.264 e. The molecular formula is C30H32Cl3N3O4S. The maximum absolute atomic E-state index is 14.1. The van der Waals surface area contributed by atoms with Crippen molar-refractivity contribution in [3.05, 3.63) is 93.4 Å². The lowest BCUT2D eigenvalue weighted by atomic mass is 10.1. The van der Waals surface area contributed by atoms with Crippen LogP contribution in [0.4, 0.5) is 5.69 Å². The molecule has 11 heteroatoms. The topological polar surface area (TPSA) is 86.8 Å². The minimum Gasteiger partial charge on any atom is -0.352 e. The van der Waals surface area contributed by atoms with E-state index in [9.17, 15) is 18.0 Å². The van der Waals surface area contributed by atoms with E-state index >= 15 is 0 Å². The van der Waals surface area contributed by atoms with Crippen molar-refractivity contribution >= 4 is 62.3 Å². The number of carbonyl (C=O) groups excluding carboxylic acids is 2. The van der Waals surface area contributed by atoms with Gasteiger partial charge in [-0.3, -0.25) is 13.9 Å². The molecule has 0 spiro atoms. The Labute approximate surface area is 256 Å². The first-order valence-electron chi connectivity index (χ1n) is 13.5. The van der Waals surface area contributed by atoms with Gasteiger partial charge in [-0.25, -0.2) is 8.42 Å². The normalized spacial score (nSPS) is 14.4. The number of benzene rings is 3. The SMILES string of the molecule is CC[C@H](C(=O)NC1CCCC1)N(Cc1ccc(Cl)cc1)C(=O)CN(c1ccc(Cl)cc1Cl)S(=O)(=O)c1ccccc1. The smallest absolute Gasteiger partial charge is 0.264 e. The maximum atomic E-state index is 14.1. The van der Waals surface area contributed by atoms with Gasteiger partial charge in [0.05, 0.1) is 15.6 Å². The summed E-state index contributed by atoms with van der Waals surface area (Å²) in [6.07, 6.45) is 4.22. The zero-order valence-corrected chi connectivity index (χ0v) is 25.7. The third kappa shape index (κ3) is 7.74. The molecule has 0 heterocycles. The molecule has 0 unspecified atom stereocenters. The first-order valence-corrected chi connectivity index (χ1v) is 16.0. The number of carbonyl (C=O) groups is 2. The molecular weight excluding hydrogens is 605 g/mol. The Bertz CT molecular complexity index is 1460. The highest BCUT2D eigenvalue weighted by molar-refractivity contribution is 7.92. The van der Waals surface area contributed by atoms with Crippen molar-refractivity contribution in [2.75, 3.05) is 10.8 Å². The molecule has 0 aromatic heterocycles. The summed E-state index contributed by atoms with van der Waals surface area (Å²) in [5.74, 6) is -0.817. The Kier molecular flexibility index (Phi) is 10.6. The first-order chi connectivity index (χ1) is 19.6. The largest absolute Gasteiger partial charge is 0.352 e. The molecule has 0 saturated heterocycles. The van der Waals surface area contributed by atoms with E-state index in [1.165, 1.54) is 35.2 Å². The van der Waals surface area contributed by atoms with E-state index < -0.39 is 28.5 Å². The van der Waals surface area contributed by atoms with Crippen LogP contribution in [0.1, 0.15) is 44.6 Å². The Balaban J connectivity index is 1.72. The van der Waals surface area contributed by atoms with Crippen LogP contribution in [0.3, 0.4) is 0 Å². The molecule has 2 amide bonds. The first kappa shape index (κ1) is 31.2. The van der Waals surface area contributed by atoms with E-state index in [1.807, 2.05) is 6.92 Å². The Morgan fingerprint density at radius 2 is 1.56 bits per heavy atom. The highest BCUT2D eigenvalue weighted by atomic mass is 35.5. The predicted molar refractivity (Wildman–Crippen MR) is 164 cm³/mol. The van der Waals surface area contributed by atoms with E-state index in [0.29, 0.717) is 16.5 Å². The van der Waals surface area contributed by atoms with E-state index in [0.717, 1.165) is 35.6 Å². The average molecular weight is 637 g/mol. The van der Waals surface area contributed by atoms with Crippen molar-refractivity contribution in [1.29, 1.82) is 0 Å². The summed E-state index contributed by atoms with van der Waals surface area (Å²) in [7, 11) is -4.23. The molecule has 4 rings (SSSR count). The van der Waals surface area contributed by atoms with Gasteiger partial charge in [-0.1, -0.05) is 84.9 Å². The van der Waals surface area contributed by atoms with E-state index in [2.05, 4.69) is 5.32 Å². The Hall–Kier alpha value is -2.78. The van der Waals surface area contributed by atoms with Gasteiger partial charge >= 0.3 is 0 Å². The van der Waals surface area contributed by atoms with Crippen LogP contribution in [0, 0.1) is 0 Å². The number of rotatable bonds is 11. The average Bonchev–Trinajstić information content (AvgIpc) is 3.46. The van der Waals surface area contributed by atoms with Gasteiger partial charge in [0.1, 0.15) is 12.6 Å². The number of anilines is 1. The van der Waals surface area contributed by atoms with Crippen LogP contribution in [0.15, 0.2) is 77.7 Å². The second-order valence-electron chi connectivity index (χ2n) is 9.98. The van der Waals surface area contributed by atoms with Crippen molar-refractivity contribution in [2.24, 2.45) is 0 Å². The van der Waals surface area contributed by atoms with E-state index in [-0.39, 0.29) is 34.1 Å². The molecule has 3 aromatic rings. The summed E-state index contributed by atoms with van der Waals surface area (Å²) < 4.78 is 28.8. The molecule has 1 aliphatic rings. The number of nitrogens with zero attached hydrogens (tertiary/aromatic N) is 2. The predicted octanol–water partition coefficient (Wildman–Crippen LogP) is 6.71. The van der Waals surface area contributed by atoms with Gasteiger partial charge in [-0.15, -0.1) is 0 Å². The number of nitrogens with one attached hydrogen (secondary N) is 1. The van der Waals surface area contributed by atoms with Gasteiger partial charge in [0.25, 0.3) is 10.0 Å². The number of amides is 2. The molecule has 1 N–H and O–H groups in total. The van der Waals surface area contributed by atoms with Crippen LogP contribution in [-0.4, -0.2) is 43.8 Å². The number of halogens is 3. The van der Waals surface area contributed by atoms with Gasteiger partial charge < -0.3 is 10.2 Å². The zero-order chi connectivity index (χ0) is 29.6. The van der Waals surface area contributed by atoms with Crippen molar-refractivity contribution in [3.63, 3.8) is 0 Å². The summed E-state index contributed by atoms with van der Waals surface area (Å²) >= 11 is 18.6. The highest BCUT2D eigenvalue weighted by Gasteiger charge is 2.35. The van der Waals surface area contributed by atoms with Crippen LogP contribution in [-0.2, 0) is 26.2 Å². The van der Waals surface area contributed by atoms with Crippen molar-refractivity contribution < 1.29 is 18.0 Å². The lowest BCUT2D eigenvalue weighted by molar-refractivity contribution is -0.140. The van der Waals surface area contributed by atoms with Crippen molar-refractivity contribution in [2.45, 2.75) is 62.6 Å². The number of sulfonamides is 1. The van der Waals surface area contributed by atoms with Gasteiger partial charge in [0, 0.05) is 22.6 Å². The van der Waals surface area contributed by atoms with Crippen molar-refractivity contribution in [3.8, 4) is 0 Å². The minimum atomic E-state index is -4.23. The summed E-state index contributed by atoms with van der Waals surface area (Å²) in [5.41, 5.74) is 0.847. The second kappa shape index (κ2) is 13.9. The number of hydrogen-bond donors (Lipinski definition) is 1. The van der Waals surface area contributed by atoms with Crippen LogP contribution in [0.5, 0.6) is 0 Å². The van der Waals surface area contributed by atoms with E-state index in [4.69, 9.17) is 34.8 Å². The van der Waals surface area contributed by atoms with E-state index in [1.54, 1.807) is 42.5 Å². The lowest BCUT2D eigenvalue weighted by Crippen LogP contribution is -2.53. The summed E-state index contributed by atoms with van der Waals surface area (Å²) in [6, 6.07) is 18.4. The molecule has 0 aliphatic heterocycles. The fourth-order valence-electron chi connectivity index (χ4n) is 4.99. The number of hydrogen-bond acceptors (Lipinski definition) is 4. The van der Waals surface area contributed by atoms with Gasteiger partial charge in [0.15, 0.2) is 0 Å². The molecule has 7 nitrogen and oxygen atoms in total. The van der Waals surface area contributed by atoms with Crippen LogP contribution >= 0.6 is 34.8 Å². The van der Waals surface area contributed by atoms with Crippen LogP contribution < -0.4 is 9.62 Å².